The van der Waals surface area contributed by atoms with Gasteiger partial charge in [0.1, 0.15) is 0 Å². The van der Waals surface area contributed by atoms with Crippen molar-refractivity contribution in [2.45, 2.75) is 19.1 Å². The fraction of sp³-hybridized carbons (Fsp3) is 0.333. The zero-order valence-corrected chi connectivity index (χ0v) is 10.0. The number of aromatic nitrogens is 1. The van der Waals surface area contributed by atoms with Crippen molar-refractivity contribution in [3.05, 3.63) is 22.9 Å². The highest BCUT2D eigenvalue weighted by atomic mass is 35.5. The SMILES string of the molecule is NCc1nc(OC(F)(F)F)cc(C(F)(F)F)c1C(=O)Cl. The van der Waals surface area contributed by atoms with Crippen LogP contribution in [0.5, 0.6) is 5.88 Å². The molecule has 0 atom stereocenters. The average molecular weight is 323 g/mol. The summed E-state index contributed by atoms with van der Waals surface area (Å²) in [6, 6.07) is -0.0672. The van der Waals surface area contributed by atoms with Gasteiger partial charge in [-0.1, -0.05) is 0 Å². The van der Waals surface area contributed by atoms with Crippen molar-refractivity contribution in [1.82, 2.24) is 4.98 Å². The maximum Gasteiger partial charge on any atom is 0.574 e. The number of pyridine rings is 1. The third-order valence-electron chi connectivity index (χ3n) is 1.99. The predicted molar refractivity (Wildman–Crippen MR) is 54.0 cm³/mol. The van der Waals surface area contributed by atoms with E-state index in [1.807, 2.05) is 0 Å². The van der Waals surface area contributed by atoms with Crippen LogP contribution in [0.3, 0.4) is 0 Å². The summed E-state index contributed by atoms with van der Waals surface area (Å²) in [5, 5.41) is -1.54. The molecule has 0 amide bonds. The molecule has 0 aliphatic heterocycles. The summed E-state index contributed by atoms with van der Waals surface area (Å²) in [7, 11) is 0. The molecule has 0 bridgehead atoms. The van der Waals surface area contributed by atoms with E-state index < -0.39 is 47.0 Å². The Bertz CT molecular complexity index is 528. The van der Waals surface area contributed by atoms with E-state index in [1.54, 1.807) is 0 Å². The van der Waals surface area contributed by atoms with Crippen molar-refractivity contribution in [1.29, 1.82) is 0 Å². The molecule has 0 saturated heterocycles. The van der Waals surface area contributed by atoms with Crippen molar-refractivity contribution in [2.24, 2.45) is 5.73 Å². The number of ether oxygens (including phenoxy) is 1. The third-order valence-corrected chi connectivity index (χ3v) is 2.18. The molecule has 0 radical (unpaired) electrons. The first kappa shape index (κ1) is 16.5. The third kappa shape index (κ3) is 3.97. The smallest absolute Gasteiger partial charge is 0.388 e. The van der Waals surface area contributed by atoms with Gasteiger partial charge in [-0.3, -0.25) is 4.79 Å². The molecule has 11 heteroatoms. The number of nitrogens with zero attached hydrogens (tertiary/aromatic N) is 1. The molecule has 20 heavy (non-hydrogen) atoms. The summed E-state index contributed by atoms with van der Waals surface area (Å²) < 4.78 is 77.4. The van der Waals surface area contributed by atoms with Crippen LogP contribution in [0, 0.1) is 0 Å². The van der Waals surface area contributed by atoms with Crippen LogP contribution in [0.2, 0.25) is 0 Å². The highest BCUT2D eigenvalue weighted by molar-refractivity contribution is 6.68. The molecule has 0 aliphatic carbocycles. The zero-order valence-electron chi connectivity index (χ0n) is 9.27. The van der Waals surface area contributed by atoms with E-state index in [-0.39, 0.29) is 6.07 Å². The summed E-state index contributed by atoms with van der Waals surface area (Å²) in [6.45, 7) is -0.730. The van der Waals surface area contributed by atoms with E-state index in [4.69, 9.17) is 17.3 Å². The molecule has 0 fully saturated rings. The molecule has 1 heterocycles. The van der Waals surface area contributed by atoms with Gasteiger partial charge in [0.05, 0.1) is 16.8 Å². The van der Waals surface area contributed by atoms with Crippen molar-refractivity contribution >= 4 is 16.8 Å². The first-order valence-electron chi connectivity index (χ1n) is 4.72. The molecule has 0 aliphatic rings. The van der Waals surface area contributed by atoms with Gasteiger partial charge >= 0.3 is 12.5 Å². The van der Waals surface area contributed by atoms with Gasteiger partial charge in [0, 0.05) is 12.6 Å². The van der Waals surface area contributed by atoms with Gasteiger partial charge in [0.25, 0.3) is 5.24 Å². The Hall–Kier alpha value is -1.55. The lowest BCUT2D eigenvalue weighted by atomic mass is 10.1. The molecule has 2 N–H and O–H groups in total. The topological polar surface area (TPSA) is 65.2 Å². The van der Waals surface area contributed by atoms with Crippen LogP contribution < -0.4 is 10.5 Å². The number of hydrogen-bond acceptors (Lipinski definition) is 4. The molecular weight excluding hydrogens is 318 g/mol. The molecule has 0 unspecified atom stereocenters. The Balaban J connectivity index is 3.52. The van der Waals surface area contributed by atoms with Gasteiger partial charge in [-0.05, 0) is 11.6 Å². The highest BCUT2D eigenvalue weighted by Crippen LogP contribution is 2.36. The number of carbonyl (C=O) groups is 1. The van der Waals surface area contributed by atoms with E-state index >= 15 is 0 Å². The lowest BCUT2D eigenvalue weighted by Crippen LogP contribution is -2.22. The molecule has 0 spiro atoms. The molecule has 112 valence electrons. The Morgan fingerprint density at radius 2 is 1.85 bits per heavy atom. The second kappa shape index (κ2) is 5.44. The monoisotopic (exact) mass is 322 g/mol. The van der Waals surface area contributed by atoms with Gasteiger partial charge in [0.2, 0.25) is 5.88 Å². The van der Waals surface area contributed by atoms with Gasteiger partial charge < -0.3 is 10.5 Å². The molecule has 0 aromatic carbocycles. The fourth-order valence-corrected chi connectivity index (χ4v) is 1.54. The summed E-state index contributed by atoms with van der Waals surface area (Å²) in [5.74, 6) is -1.38. The Labute approximate surface area is 112 Å². The zero-order chi connectivity index (χ0) is 15.7. The Morgan fingerprint density at radius 1 is 1.30 bits per heavy atom. The molecule has 1 aromatic heterocycles. The number of rotatable bonds is 3. The Kier molecular flexibility index (Phi) is 4.49. The van der Waals surface area contributed by atoms with Crippen molar-refractivity contribution in [2.75, 3.05) is 0 Å². The number of alkyl halides is 6. The van der Waals surface area contributed by atoms with Gasteiger partial charge in [-0.15, -0.1) is 13.2 Å². The summed E-state index contributed by atoms with van der Waals surface area (Å²) in [4.78, 5) is 14.1. The van der Waals surface area contributed by atoms with Crippen LogP contribution >= 0.6 is 11.6 Å². The average Bonchev–Trinajstić information content (AvgIpc) is 2.23. The van der Waals surface area contributed by atoms with E-state index in [9.17, 15) is 31.1 Å². The van der Waals surface area contributed by atoms with Crippen LogP contribution in [-0.4, -0.2) is 16.6 Å². The minimum atomic E-state index is -5.24. The van der Waals surface area contributed by atoms with Crippen LogP contribution in [0.1, 0.15) is 21.6 Å². The van der Waals surface area contributed by atoms with Crippen LogP contribution in [0.25, 0.3) is 0 Å². The largest absolute Gasteiger partial charge is 0.574 e. The lowest BCUT2D eigenvalue weighted by molar-refractivity contribution is -0.276. The summed E-state index contributed by atoms with van der Waals surface area (Å²) in [5.41, 5.74) is 1.50. The molecule has 1 aromatic rings. The fourth-order valence-electron chi connectivity index (χ4n) is 1.33. The van der Waals surface area contributed by atoms with E-state index in [0.29, 0.717) is 0 Å². The first-order chi connectivity index (χ1) is 8.95. The van der Waals surface area contributed by atoms with Crippen molar-refractivity contribution < 1.29 is 35.9 Å². The number of nitrogens with two attached hydrogens (primary N) is 1. The van der Waals surface area contributed by atoms with E-state index in [2.05, 4.69) is 9.72 Å². The van der Waals surface area contributed by atoms with Gasteiger partial charge in [-0.25, -0.2) is 4.98 Å². The minimum Gasteiger partial charge on any atom is -0.388 e. The van der Waals surface area contributed by atoms with E-state index in [1.165, 1.54) is 0 Å². The predicted octanol–water partition coefficient (Wildman–Crippen LogP) is 2.84. The maximum atomic E-state index is 12.7. The quantitative estimate of drug-likeness (QED) is 0.686. The van der Waals surface area contributed by atoms with Crippen molar-refractivity contribution in [3.63, 3.8) is 0 Å². The second-order valence-electron chi connectivity index (χ2n) is 3.35. The minimum absolute atomic E-state index is 0.0672. The normalized spacial score (nSPS) is 12.4. The second-order valence-corrected chi connectivity index (χ2v) is 3.70. The first-order valence-corrected chi connectivity index (χ1v) is 5.10. The van der Waals surface area contributed by atoms with Crippen molar-refractivity contribution in [3.8, 4) is 5.88 Å². The summed E-state index contributed by atoms with van der Waals surface area (Å²) >= 11 is 4.99. The number of hydrogen-bond donors (Lipinski definition) is 1. The van der Waals surface area contributed by atoms with Crippen LogP contribution in [-0.2, 0) is 12.7 Å². The molecule has 0 saturated carbocycles. The standard InChI is InChI=1S/C9H5ClF6N2O2/c10-7(19)6-3(8(11,12)13)1-5(18-4(6)2-17)20-9(14,15)16/h1H,2,17H2. The maximum absolute atomic E-state index is 12.7. The van der Waals surface area contributed by atoms with Gasteiger partial charge in [0.15, 0.2) is 0 Å². The number of halogens is 7. The molecule has 4 nitrogen and oxygen atoms in total. The lowest BCUT2D eigenvalue weighted by Gasteiger charge is -2.16. The number of carbonyl (C=O) groups excluding carboxylic acids is 1. The van der Waals surface area contributed by atoms with Crippen LogP contribution in [0.15, 0.2) is 6.07 Å². The summed E-state index contributed by atoms with van der Waals surface area (Å²) in [6.07, 6.45) is -10.4. The molecule has 1 rings (SSSR count). The highest BCUT2D eigenvalue weighted by Gasteiger charge is 2.39. The Morgan fingerprint density at radius 3 is 2.20 bits per heavy atom. The van der Waals surface area contributed by atoms with Crippen LogP contribution in [0.4, 0.5) is 26.3 Å². The molecular formula is C9H5ClF6N2O2. The van der Waals surface area contributed by atoms with E-state index in [0.717, 1.165) is 0 Å². The van der Waals surface area contributed by atoms with Gasteiger partial charge in [-0.2, -0.15) is 13.2 Å².